The highest BCUT2D eigenvalue weighted by Crippen LogP contribution is 2.28. The SMILES string of the molecule is O=C1NC(C(=O)N2CCN(C(=O)C3CCC3)CC2)Cc2ccccc21. The van der Waals surface area contributed by atoms with Gasteiger partial charge in [0.1, 0.15) is 6.04 Å². The average Bonchev–Trinajstić information content (AvgIpc) is 2.60. The van der Waals surface area contributed by atoms with Crippen LogP contribution in [0.15, 0.2) is 24.3 Å². The highest BCUT2D eigenvalue weighted by atomic mass is 16.2. The Kier molecular flexibility index (Phi) is 4.19. The van der Waals surface area contributed by atoms with Crippen molar-refractivity contribution in [3.63, 3.8) is 0 Å². The summed E-state index contributed by atoms with van der Waals surface area (Å²) in [6.07, 6.45) is 3.69. The molecule has 132 valence electrons. The Balaban J connectivity index is 1.36. The van der Waals surface area contributed by atoms with Crippen molar-refractivity contribution in [3.8, 4) is 0 Å². The number of hydrogen-bond donors (Lipinski definition) is 1. The van der Waals surface area contributed by atoms with Crippen LogP contribution in [0.25, 0.3) is 0 Å². The van der Waals surface area contributed by atoms with Gasteiger partial charge in [0, 0.05) is 44.1 Å². The zero-order valence-corrected chi connectivity index (χ0v) is 14.2. The Hall–Kier alpha value is -2.37. The lowest BCUT2D eigenvalue weighted by atomic mass is 9.84. The molecule has 1 unspecified atom stereocenters. The zero-order chi connectivity index (χ0) is 17.4. The van der Waals surface area contributed by atoms with Gasteiger partial charge < -0.3 is 15.1 Å². The van der Waals surface area contributed by atoms with Crippen molar-refractivity contribution in [1.82, 2.24) is 15.1 Å². The van der Waals surface area contributed by atoms with E-state index in [2.05, 4.69) is 5.32 Å². The number of rotatable bonds is 2. The van der Waals surface area contributed by atoms with Crippen molar-refractivity contribution in [1.29, 1.82) is 0 Å². The fourth-order valence-corrected chi connectivity index (χ4v) is 3.86. The molecule has 3 amide bonds. The molecule has 2 aliphatic heterocycles. The molecule has 0 radical (unpaired) electrons. The summed E-state index contributed by atoms with van der Waals surface area (Å²) in [4.78, 5) is 41.0. The van der Waals surface area contributed by atoms with Crippen molar-refractivity contribution < 1.29 is 14.4 Å². The van der Waals surface area contributed by atoms with Crippen LogP contribution in [0, 0.1) is 5.92 Å². The maximum absolute atomic E-state index is 12.8. The summed E-state index contributed by atoms with van der Waals surface area (Å²) >= 11 is 0. The first-order valence-corrected chi connectivity index (χ1v) is 9.10. The molecule has 1 aromatic carbocycles. The first kappa shape index (κ1) is 16.1. The molecule has 1 aromatic rings. The lowest BCUT2D eigenvalue weighted by molar-refractivity contribution is -0.144. The van der Waals surface area contributed by atoms with Crippen LogP contribution in [0.3, 0.4) is 0 Å². The molecule has 1 saturated carbocycles. The third-order valence-corrected chi connectivity index (χ3v) is 5.65. The van der Waals surface area contributed by atoms with E-state index in [0.717, 1.165) is 24.8 Å². The van der Waals surface area contributed by atoms with Crippen molar-refractivity contribution >= 4 is 17.7 Å². The van der Waals surface area contributed by atoms with E-state index in [1.54, 1.807) is 11.0 Å². The fraction of sp³-hybridized carbons (Fsp3) is 0.526. The van der Waals surface area contributed by atoms with Crippen LogP contribution in [-0.2, 0) is 16.0 Å². The number of fused-ring (bicyclic) bond motifs is 1. The van der Waals surface area contributed by atoms with E-state index in [0.29, 0.717) is 38.2 Å². The van der Waals surface area contributed by atoms with Crippen LogP contribution in [-0.4, -0.2) is 59.7 Å². The Morgan fingerprint density at radius 2 is 1.60 bits per heavy atom. The largest absolute Gasteiger partial charge is 0.340 e. The summed E-state index contributed by atoms with van der Waals surface area (Å²) in [6, 6.07) is 6.92. The summed E-state index contributed by atoms with van der Waals surface area (Å²) in [6.45, 7) is 2.28. The summed E-state index contributed by atoms with van der Waals surface area (Å²) < 4.78 is 0. The minimum Gasteiger partial charge on any atom is -0.340 e. The van der Waals surface area contributed by atoms with E-state index in [4.69, 9.17) is 0 Å². The second-order valence-corrected chi connectivity index (χ2v) is 7.17. The quantitative estimate of drug-likeness (QED) is 0.866. The number of piperazine rings is 1. The van der Waals surface area contributed by atoms with Gasteiger partial charge in [0.15, 0.2) is 0 Å². The zero-order valence-electron chi connectivity index (χ0n) is 14.2. The van der Waals surface area contributed by atoms with Crippen LogP contribution in [0.2, 0.25) is 0 Å². The van der Waals surface area contributed by atoms with Crippen molar-refractivity contribution in [2.75, 3.05) is 26.2 Å². The van der Waals surface area contributed by atoms with E-state index in [1.165, 1.54) is 0 Å². The predicted molar refractivity (Wildman–Crippen MR) is 91.9 cm³/mol. The van der Waals surface area contributed by atoms with Gasteiger partial charge >= 0.3 is 0 Å². The molecule has 1 aliphatic carbocycles. The molecule has 0 bridgehead atoms. The molecule has 1 atom stereocenters. The van der Waals surface area contributed by atoms with Gasteiger partial charge in [0.2, 0.25) is 11.8 Å². The van der Waals surface area contributed by atoms with E-state index >= 15 is 0 Å². The van der Waals surface area contributed by atoms with Gasteiger partial charge in [-0.3, -0.25) is 14.4 Å². The monoisotopic (exact) mass is 341 g/mol. The van der Waals surface area contributed by atoms with Gasteiger partial charge in [-0.1, -0.05) is 24.6 Å². The molecule has 25 heavy (non-hydrogen) atoms. The van der Waals surface area contributed by atoms with Crippen molar-refractivity contribution in [3.05, 3.63) is 35.4 Å². The van der Waals surface area contributed by atoms with Crippen LogP contribution < -0.4 is 5.32 Å². The average molecular weight is 341 g/mol. The van der Waals surface area contributed by atoms with E-state index in [-0.39, 0.29) is 23.6 Å². The number of hydrogen-bond acceptors (Lipinski definition) is 3. The lowest BCUT2D eigenvalue weighted by Gasteiger charge is -2.39. The number of benzene rings is 1. The highest BCUT2D eigenvalue weighted by molar-refractivity contribution is 6.00. The summed E-state index contributed by atoms with van der Waals surface area (Å²) in [7, 11) is 0. The topological polar surface area (TPSA) is 69.7 Å². The lowest BCUT2D eigenvalue weighted by Crippen LogP contribution is -2.58. The van der Waals surface area contributed by atoms with Crippen LogP contribution in [0.5, 0.6) is 0 Å². The number of amides is 3. The molecule has 3 aliphatic rings. The molecule has 2 heterocycles. The van der Waals surface area contributed by atoms with Gasteiger partial charge in [0.05, 0.1) is 0 Å². The Labute approximate surface area is 147 Å². The maximum atomic E-state index is 12.8. The second kappa shape index (κ2) is 6.50. The number of nitrogens with one attached hydrogen (secondary N) is 1. The molecule has 1 saturated heterocycles. The third kappa shape index (κ3) is 3.01. The molecule has 2 fully saturated rings. The molecule has 0 spiro atoms. The van der Waals surface area contributed by atoms with Gasteiger partial charge in [-0.05, 0) is 24.5 Å². The second-order valence-electron chi connectivity index (χ2n) is 7.17. The molecular formula is C19H23N3O3. The molecular weight excluding hydrogens is 318 g/mol. The van der Waals surface area contributed by atoms with Crippen LogP contribution >= 0.6 is 0 Å². The first-order chi connectivity index (χ1) is 12.1. The predicted octanol–water partition coefficient (Wildman–Crippen LogP) is 0.812. The van der Waals surface area contributed by atoms with Crippen LogP contribution in [0.1, 0.15) is 35.2 Å². The molecule has 4 rings (SSSR count). The summed E-state index contributed by atoms with van der Waals surface area (Å²) in [5.74, 6) is 0.229. The van der Waals surface area contributed by atoms with Gasteiger partial charge in [-0.25, -0.2) is 0 Å². The van der Waals surface area contributed by atoms with E-state index < -0.39 is 6.04 Å². The normalized spacial score (nSPS) is 23.5. The van der Waals surface area contributed by atoms with Crippen LogP contribution in [0.4, 0.5) is 0 Å². The van der Waals surface area contributed by atoms with E-state index in [9.17, 15) is 14.4 Å². The molecule has 1 N–H and O–H groups in total. The minimum absolute atomic E-state index is 0.0430. The molecule has 6 heteroatoms. The number of nitrogens with zero attached hydrogens (tertiary/aromatic N) is 2. The Bertz CT molecular complexity index is 706. The van der Waals surface area contributed by atoms with E-state index in [1.807, 2.05) is 23.1 Å². The standard InChI is InChI=1S/C19H23N3O3/c23-17-15-7-2-1-4-14(15)12-16(20-17)19(25)22-10-8-21(9-11-22)18(24)13-5-3-6-13/h1-2,4,7,13,16H,3,5-6,8-12H2,(H,20,23). The Morgan fingerprint density at radius 1 is 0.960 bits per heavy atom. The van der Waals surface area contributed by atoms with Gasteiger partial charge in [-0.15, -0.1) is 0 Å². The summed E-state index contributed by atoms with van der Waals surface area (Å²) in [5, 5.41) is 2.83. The number of carbonyl (C=O) groups is 3. The van der Waals surface area contributed by atoms with Gasteiger partial charge in [-0.2, -0.15) is 0 Å². The first-order valence-electron chi connectivity index (χ1n) is 9.10. The summed E-state index contributed by atoms with van der Waals surface area (Å²) in [5.41, 5.74) is 1.57. The van der Waals surface area contributed by atoms with Crippen molar-refractivity contribution in [2.24, 2.45) is 5.92 Å². The third-order valence-electron chi connectivity index (χ3n) is 5.65. The molecule has 6 nitrogen and oxygen atoms in total. The smallest absolute Gasteiger partial charge is 0.252 e. The Morgan fingerprint density at radius 3 is 2.24 bits per heavy atom. The van der Waals surface area contributed by atoms with Gasteiger partial charge in [0.25, 0.3) is 5.91 Å². The van der Waals surface area contributed by atoms with Crippen molar-refractivity contribution in [2.45, 2.75) is 31.7 Å². The number of carbonyl (C=O) groups excluding carboxylic acids is 3. The molecule has 0 aromatic heterocycles. The fourth-order valence-electron chi connectivity index (χ4n) is 3.86. The highest BCUT2D eigenvalue weighted by Gasteiger charge is 2.35. The minimum atomic E-state index is -0.503. The maximum Gasteiger partial charge on any atom is 0.252 e.